The minimum atomic E-state index is -4.51. The summed E-state index contributed by atoms with van der Waals surface area (Å²) in [4.78, 5) is 41.7. The van der Waals surface area contributed by atoms with E-state index in [4.69, 9.17) is 44.8 Å². The summed E-state index contributed by atoms with van der Waals surface area (Å²) >= 11 is 6.11. The van der Waals surface area contributed by atoms with Gasteiger partial charge in [-0.25, -0.2) is 29.5 Å². The number of fused-ring (bicyclic) bond motifs is 2. The Kier molecular flexibility index (Phi) is 15.1. The number of carbonyl (C=O) groups excluding carboxylic acids is 2. The van der Waals surface area contributed by atoms with E-state index in [0.29, 0.717) is 90.0 Å². The van der Waals surface area contributed by atoms with Gasteiger partial charge >= 0.3 is 18.2 Å². The summed E-state index contributed by atoms with van der Waals surface area (Å²) in [7, 11) is 7.65. The zero-order valence-corrected chi connectivity index (χ0v) is 37.9. The summed E-state index contributed by atoms with van der Waals surface area (Å²) < 4.78 is 77.0. The number of amides is 4. The van der Waals surface area contributed by atoms with Crippen LogP contribution in [0.3, 0.4) is 0 Å². The number of nitrogens with one attached hydrogen (secondary N) is 4. The van der Waals surface area contributed by atoms with Crippen molar-refractivity contribution in [3.8, 4) is 52.0 Å². The van der Waals surface area contributed by atoms with Gasteiger partial charge in [0, 0.05) is 47.0 Å². The monoisotopic (exact) mass is 964 g/mol. The van der Waals surface area contributed by atoms with Gasteiger partial charge < -0.3 is 54.4 Å². The predicted molar refractivity (Wildman–Crippen MR) is 253 cm³/mol. The minimum Gasteiger partial charge on any atom is -0.495 e. The zero-order valence-electron chi connectivity index (χ0n) is 37.1. The van der Waals surface area contributed by atoms with Gasteiger partial charge in [-0.1, -0.05) is 29.8 Å². The highest BCUT2D eigenvalue weighted by atomic mass is 35.5. The Balaban J connectivity index is 0.000000204. The van der Waals surface area contributed by atoms with Crippen LogP contribution in [0.4, 0.5) is 45.5 Å². The molecule has 6 aromatic carbocycles. The Labute approximate surface area is 396 Å². The molecule has 2 heterocycles. The van der Waals surface area contributed by atoms with Crippen LogP contribution in [0.2, 0.25) is 5.02 Å². The molecule has 0 fully saturated rings. The number of aromatic nitrogens is 4. The maximum atomic E-state index is 12.9. The van der Waals surface area contributed by atoms with Gasteiger partial charge in [0.1, 0.15) is 29.9 Å². The molecule has 4 amide bonds. The average Bonchev–Trinajstić information content (AvgIpc) is 3.33. The lowest BCUT2D eigenvalue weighted by Gasteiger charge is -2.13. The number of hydrogen-bond donors (Lipinski definition) is 4. The van der Waals surface area contributed by atoms with Gasteiger partial charge in [0.2, 0.25) is 11.8 Å². The molecule has 69 heavy (non-hydrogen) atoms. The van der Waals surface area contributed by atoms with E-state index in [0.717, 1.165) is 12.1 Å². The SMILES string of the molecule is COc1cc2ncnc(Oc3cccc(NC(=O)Nc4cccc(C(F)(F)F)c4)c3)c2cc1OC.COc1ccc(NC(=O)Nc2cccc(Oc3ncnc4cc(OC)c(OC)cc34)c2)cc1Cl. The van der Waals surface area contributed by atoms with Crippen LogP contribution >= 0.6 is 11.6 Å². The third-order valence-electron chi connectivity index (χ3n) is 9.68. The van der Waals surface area contributed by atoms with E-state index in [1.807, 2.05) is 0 Å². The van der Waals surface area contributed by atoms with E-state index in [-0.39, 0.29) is 11.6 Å². The normalized spacial score (nSPS) is 10.8. The summed E-state index contributed by atoms with van der Waals surface area (Å²) in [5.74, 6) is 3.99. The molecule has 17 nitrogen and oxygen atoms in total. The molecule has 354 valence electrons. The van der Waals surface area contributed by atoms with Crippen LogP contribution in [-0.2, 0) is 6.18 Å². The van der Waals surface area contributed by atoms with Gasteiger partial charge in [-0.05, 0) is 72.8 Å². The van der Waals surface area contributed by atoms with E-state index in [9.17, 15) is 22.8 Å². The maximum Gasteiger partial charge on any atom is 0.416 e. The van der Waals surface area contributed by atoms with Gasteiger partial charge in [0.25, 0.3) is 0 Å². The number of anilines is 4. The second kappa shape index (κ2) is 21.7. The number of alkyl halides is 3. The van der Waals surface area contributed by atoms with Crippen molar-refractivity contribution in [3.05, 3.63) is 139 Å². The van der Waals surface area contributed by atoms with Gasteiger partial charge in [0.05, 0.1) is 67.9 Å². The lowest BCUT2D eigenvalue weighted by molar-refractivity contribution is -0.137. The van der Waals surface area contributed by atoms with Gasteiger partial charge in [-0.3, -0.25) is 0 Å². The van der Waals surface area contributed by atoms with E-state index >= 15 is 0 Å². The molecule has 8 rings (SSSR count). The molecule has 4 N–H and O–H groups in total. The summed E-state index contributed by atoms with van der Waals surface area (Å²) in [6.07, 6.45) is -1.77. The van der Waals surface area contributed by atoms with E-state index < -0.39 is 23.8 Å². The van der Waals surface area contributed by atoms with Crippen molar-refractivity contribution in [2.75, 3.05) is 56.8 Å². The number of nitrogens with zero attached hydrogens (tertiary/aromatic N) is 4. The molecule has 0 aliphatic carbocycles. The second-order valence-corrected chi connectivity index (χ2v) is 14.6. The van der Waals surface area contributed by atoms with Crippen LogP contribution in [0.25, 0.3) is 21.8 Å². The Morgan fingerprint density at radius 1 is 0.478 bits per heavy atom. The number of urea groups is 2. The molecule has 0 saturated carbocycles. The van der Waals surface area contributed by atoms with Crippen molar-refractivity contribution in [1.82, 2.24) is 19.9 Å². The van der Waals surface area contributed by atoms with Crippen molar-refractivity contribution in [1.29, 1.82) is 0 Å². The van der Waals surface area contributed by atoms with Gasteiger partial charge in [-0.15, -0.1) is 0 Å². The van der Waals surface area contributed by atoms with Crippen molar-refractivity contribution >= 4 is 68.2 Å². The average molecular weight is 965 g/mol. The smallest absolute Gasteiger partial charge is 0.416 e. The molecule has 0 aliphatic rings. The van der Waals surface area contributed by atoms with Gasteiger partial charge in [0.15, 0.2) is 23.0 Å². The Hall–Kier alpha value is -8.78. The lowest BCUT2D eigenvalue weighted by Crippen LogP contribution is -2.19. The number of rotatable bonds is 13. The van der Waals surface area contributed by atoms with E-state index in [2.05, 4.69) is 41.2 Å². The van der Waals surface area contributed by atoms with E-state index in [1.54, 1.807) is 105 Å². The highest BCUT2D eigenvalue weighted by molar-refractivity contribution is 6.32. The summed E-state index contributed by atoms with van der Waals surface area (Å²) in [5, 5.41) is 12.0. The third-order valence-corrected chi connectivity index (χ3v) is 9.97. The third kappa shape index (κ3) is 12.2. The molecular weight excluding hydrogens is 925 g/mol. The van der Waals surface area contributed by atoms with E-state index in [1.165, 1.54) is 46.1 Å². The van der Waals surface area contributed by atoms with Crippen molar-refractivity contribution in [2.45, 2.75) is 6.18 Å². The number of methoxy groups -OCH3 is 5. The Bertz CT molecular complexity index is 3150. The minimum absolute atomic E-state index is 0.00144. The first-order chi connectivity index (χ1) is 33.3. The quantitative estimate of drug-likeness (QED) is 0.0852. The number of ether oxygens (including phenoxy) is 7. The lowest BCUT2D eigenvalue weighted by atomic mass is 10.2. The van der Waals surface area contributed by atoms with Crippen LogP contribution in [0.5, 0.6) is 52.0 Å². The van der Waals surface area contributed by atoms with Crippen molar-refractivity contribution in [3.63, 3.8) is 0 Å². The van der Waals surface area contributed by atoms with Crippen LogP contribution in [0.15, 0.2) is 128 Å². The van der Waals surface area contributed by atoms with Crippen LogP contribution < -0.4 is 54.4 Å². The molecule has 0 spiro atoms. The molecular formula is C48H40ClF3N8O9. The fourth-order valence-corrected chi connectivity index (χ4v) is 6.74. The number of halogens is 4. The molecule has 21 heteroatoms. The maximum absolute atomic E-state index is 12.9. The summed E-state index contributed by atoms with van der Waals surface area (Å²) in [6, 6.07) is 28.4. The predicted octanol–water partition coefficient (Wildman–Crippen LogP) is 11.8. The molecule has 2 aromatic heterocycles. The Morgan fingerprint density at radius 3 is 1.30 bits per heavy atom. The molecule has 0 atom stereocenters. The summed E-state index contributed by atoms with van der Waals surface area (Å²) in [6.45, 7) is 0. The number of benzene rings is 6. The highest BCUT2D eigenvalue weighted by Crippen LogP contribution is 2.38. The van der Waals surface area contributed by atoms with Crippen LogP contribution in [0.1, 0.15) is 5.56 Å². The number of carbonyl (C=O) groups is 2. The topological polar surface area (TPSA) is 198 Å². The van der Waals surface area contributed by atoms with Crippen LogP contribution in [0, 0.1) is 0 Å². The standard InChI is InChI=1S/C24H21ClN4O5.C24H19F3N4O4/c1-31-20-8-7-15(10-18(20)25)29-24(30)28-14-5-4-6-16(9-14)34-23-17-11-21(32-2)22(33-3)12-19(17)26-13-27-23;1-33-20-11-18-19(12-21(20)34-2)28-13-29-22(18)35-17-8-4-7-16(10-17)31-23(32)30-15-6-3-5-14(9-15)24(25,26)27/h4-13H,1-3H3,(H2,28,29,30);3-13H,1-2H3,(H2,30,31,32). The fourth-order valence-electron chi connectivity index (χ4n) is 6.48. The van der Waals surface area contributed by atoms with Crippen LogP contribution in [-0.4, -0.2) is 67.5 Å². The molecule has 0 unspecified atom stereocenters. The largest absolute Gasteiger partial charge is 0.495 e. The number of hydrogen-bond acceptors (Lipinski definition) is 13. The Morgan fingerprint density at radius 2 is 0.884 bits per heavy atom. The molecule has 0 aliphatic heterocycles. The first-order valence-corrected chi connectivity index (χ1v) is 20.6. The zero-order chi connectivity index (χ0) is 49.1. The van der Waals surface area contributed by atoms with Gasteiger partial charge in [-0.2, -0.15) is 13.2 Å². The molecule has 8 aromatic rings. The van der Waals surface area contributed by atoms with Crippen molar-refractivity contribution < 1.29 is 55.9 Å². The fraction of sp³-hybridized carbons (Fsp3) is 0.125. The van der Waals surface area contributed by atoms with Crippen molar-refractivity contribution in [2.24, 2.45) is 0 Å². The first-order valence-electron chi connectivity index (χ1n) is 20.2. The molecule has 0 bridgehead atoms. The molecule has 0 radical (unpaired) electrons. The molecule has 0 saturated heterocycles. The second-order valence-electron chi connectivity index (χ2n) is 14.2. The first kappa shape index (κ1) is 48.2. The summed E-state index contributed by atoms with van der Waals surface area (Å²) in [5.41, 5.74) is 1.74. The highest BCUT2D eigenvalue weighted by Gasteiger charge is 2.30.